The average molecular weight is 260 g/mol. The Labute approximate surface area is 109 Å². The molecule has 1 saturated carbocycles. The zero-order chi connectivity index (χ0) is 12.5. The van der Waals surface area contributed by atoms with Crippen LogP contribution in [0.15, 0.2) is 24.4 Å². The maximum atomic E-state index is 9.31. The lowest BCUT2D eigenvalue weighted by molar-refractivity contribution is 0.302. The Balaban J connectivity index is 2.12. The van der Waals surface area contributed by atoms with E-state index in [1.807, 2.05) is 0 Å². The lowest BCUT2D eigenvalue weighted by atomic mass is 10.0. The van der Waals surface area contributed by atoms with Crippen molar-refractivity contribution >= 4 is 11.6 Å². The summed E-state index contributed by atoms with van der Waals surface area (Å²) in [4.78, 5) is 0. The van der Waals surface area contributed by atoms with Gasteiger partial charge in [-0.15, -0.1) is 0 Å². The lowest BCUT2D eigenvalue weighted by Gasteiger charge is -2.10. The Kier molecular flexibility index (Phi) is 2.69. The molecule has 18 heavy (non-hydrogen) atoms. The standard InChI is InChI=1S/C13H10ClN3O/c14-8-5-10(12-3-4-16-17-12)11(7-15)13(6-8)18-9-1-2-9/h3-6,9H,1-2H2,(H,16,17). The first-order valence-electron chi connectivity index (χ1n) is 5.68. The molecule has 2 aromatic rings. The second-order valence-electron chi connectivity index (χ2n) is 4.23. The van der Waals surface area contributed by atoms with E-state index in [1.165, 1.54) is 0 Å². The molecule has 1 heterocycles. The summed E-state index contributed by atoms with van der Waals surface area (Å²) in [6.07, 6.45) is 3.94. The Morgan fingerprint density at radius 3 is 2.89 bits per heavy atom. The van der Waals surface area contributed by atoms with Gasteiger partial charge in [-0.2, -0.15) is 10.4 Å². The van der Waals surface area contributed by atoms with Crippen LogP contribution in [0.1, 0.15) is 18.4 Å². The number of aromatic amines is 1. The van der Waals surface area contributed by atoms with E-state index in [2.05, 4.69) is 16.3 Å². The molecule has 0 unspecified atom stereocenters. The van der Waals surface area contributed by atoms with Crippen LogP contribution in [0.5, 0.6) is 5.75 Å². The fourth-order valence-corrected chi connectivity index (χ4v) is 1.98. The summed E-state index contributed by atoms with van der Waals surface area (Å²) in [5, 5.41) is 16.6. The van der Waals surface area contributed by atoms with Crippen molar-refractivity contribution in [3.05, 3.63) is 35.0 Å². The molecule has 1 aliphatic rings. The van der Waals surface area contributed by atoms with E-state index in [0.29, 0.717) is 16.3 Å². The molecule has 5 heteroatoms. The van der Waals surface area contributed by atoms with Crippen molar-refractivity contribution in [1.82, 2.24) is 10.2 Å². The molecule has 1 fully saturated rings. The SMILES string of the molecule is N#Cc1c(OC2CC2)cc(Cl)cc1-c1ccn[nH]1. The molecule has 0 amide bonds. The van der Waals surface area contributed by atoms with Gasteiger partial charge in [0, 0.05) is 22.8 Å². The number of aromatic nitrogens is 2. The minimum Gasteiger partial charge on any atom is -0.489 e. The number of H-pyrrole nitrogens is 1. The number of benzene rings is 1. The third-order valence-electron chi connectivity index (χ3n) is 2.79. The number of rotatable bonds is 3. The van der Waals surface area contributed by atoms with Crippen LogP contribution in [0.25, 0.3) is 11.3 Å². The molecule has 1 aromatic heterocycles. The normalized spacial score (nSPS) is 14.2. The highest BCUT2D eigenvalue weighted by molar-refractivity contribution is 6.31. The number of ether oxygens (including phenoxy) is 1. The van der Waals surface area contributed by atoms with Crippen LogP contribution in [0.2, 0.25) is 5.02 Å². The Hall–Kier alpha value is -1.99. The predicted molar refractivity (Wildman–Crippen MR) is 67.4 cm³/mol. The molecule has 3 rings (SSSR count). The van der Waals surface area contributed by atoms with Gasteiger partial charge in [-0.1, -0.05) is 11.6 Å². The number of hydrogen-bond acceptors (Lipinski definition) is 3. The number of nitrogens with one attached hydrogen (secondary N) is 1. The minimum absolute atomic E-state index is 0.227. The van der Waals surface area contributed by atoms with E-state index in [0.717, 1.165) is 24.1 Å². The Morgan fingerprint density at radius 2 is 2.28 bits per heavy atom. The molecular weight excluding hydrogens is 250 g/mol. The van der Waals surface area contributed by atoms with Crippen LogP contribution in [-0.4, -0.2) is 16.3 Å². The number of hydrogen-bond donors (Lipinski definition) is 1. The second kappa shape index (κ2) is 4.35. The van der Waals surface area contributed by atoms with E-state index < -0.39 is 0 Å². The van der Waals surface area contributed by atoms with Crippen LogP contribution >= 0.6 is 11.6 Å². The van der Waals surface area contributed by atoms with Crippen LogP contribution in [-0.2, 0) is 0 Å². The van der Waals surface area contributed by atoms with E-state index in [-0.39, 0.29) is 6.10 Å². The smallest absolute Gasteiger partial charge is 0.139 e. The van der Waals surface area contributed by atoms with Crippen LogP contribution < -0.4 is 4.74 Å². The summed E-state index contributed by atoms with van der Waals surface area (Å²) < 4.78 is 5.73. The van der Waals surface area contributed by atoms with Gasteiger partial charge in [0.25, 0.3) is 0 Å². The first kappa shape index (κ1) is 11.1. The minimum atomic E-state index is 0.227. The maximum Gasteiger partial charge on any atom is 0.139 e. The summed E-state index contributed by atoms with van der Waals surface area (Å²) in [5.41, 5.74) is 1.98. The van der Waals surface area contributed by atoms with E-state index in [4.69, 9.17) is 16.3 Å². The van der Waals surface area contributed by atoms with Crippen molar-refractivity contribution in [1.29, 1.82) is 5.26 Å². The third kappa shape index (κ3) is 2.05. The number of halogens is 1. The summed E-state index contributed by atoms with van der Waals surface area (Å²) in [7, 11) is 0. The molecule has 0 bridgehead atoms. The van der Waals surface area contributed by atoms with Gasteiger partial charge in [0.15, 0.2) is 0 Å². The molecule has 4 nitrogen and oxygen atoms in total. The fraction of sp³-hybridized carbons (Fsp3) is 0.231. The van der Waals surface area contributed by atoms with Crippen molar-refractivity contribution in [2.75, 3.05) is 0 Å². The van der Waals surface area contributed by atoms with E-state index in [9.17, 15) is 5.26 Å². The molecule has 0 spiro atoms. The third-order valence-corrected chi connectivity index (χ3v) is 3.01. The van der Waals surface area contributed by atoms with Crippen LogP contribution in [0.4, 0.5) is 0 Å². The van der Waals surface area contributed by atoms with Crippen molar-refractivity contribution in [2.24, 2.45) is 0 Å². The van der Waals surface area contributed by atoms with Gasteiger partial charge in [-0.3, -0.25) is 5.10 Å². The fourth-order valence-electron chi connectivity index (χ4n) is 1.77. The highest BCUT2D eigenvalue weighted by Crippen LogP contribution is 2.36. The van der Waals surface area contributed by atoms with E-state index in [1.54, 1.807) is 24.4 Å². The molecule has 0 atom stereocenters. The van der Waals surface area contributed by atoms with Crippen molar-refractivity contribution in [3.8, 4) is 23.1 Å². The van der Waals surface area contributed by atoms with Gasteiger partial charge in [0.1, 0.15) is 17.4 Å². The Morgan fingerprint density at radius 1 is 1.44 bits per heavy atom. The molecule has 1 aromatic carbocycles. The van der Waals surface area contributed by atoms with Crippen LogP contribution in [0.3, 0.4) is 0 Å². The average Bonchev–Trinajstić information content (AvgIpc) is 3.00. The van der Waals surface area contributed by atoms with Gasteiger partial charge in [-0.25, -0.2) is 0 Å². The zero-order valence-electron chi connectivity index (χ0n) is 9.48. The summed E-state index contributed by atoms with van der Waals surface area (Å²) in [6.45, 7) is 0. The number of nitrogens with zero attached hydrogens (tertiary/aromatic N) is 2. The molecule has 0 aliphatic heterocycles. The summed E-state index contributed by atoms with van der Waals surface area (Å²) in [6, 6.07) is 7.42. The van der Waals surface area contributed by atoms with Gasteiger partial charge in [-0.05, 0) is 25.0 Å². The molecule has 1 aliphatic carbocycles. The predicted octanol–water partition coefficient (Wildman–Crippen LogP) is 3.14. The van der Waals surface area contributed by atoms with Gasteiger partial charge in [0.2, 0.25) is 0 Å². The summed E-state index contributed by atoms with van der Waals surface area (Å²) in [5.74, 6) is 0.553. The lowest BCUT2D eigenvalue weighted by Crippen LogP contribution is -1.99. The molecule has 0 saturated heterocycles. The van der Waals surface area contributed by atoms with E-state index >= 15 is 0 Å². The highest BCUT2D eigenvalue weighted by Gasteiger charge is 2.26. The van der Waals surface area contributed by atoms with Crippen LogP contribution in [0, 0.1) is 11.3 Å². The molecule has 90 valence electrons. The molecular formula is C13H10ClN3O. The first-order valence-corrected chi connectivity index (χ1v) is 6.06. The van der Waals surface area contributed by atoms with Gasteiger partial charge in [0.05, 0.1) is 11.8 Å². The monoisotopic (exact) mass is 259 g/mol. The van der Waals surface area contributed by atoms with Crippen molar-refractivity contribution in [3.63, 3.8) is 0 Å². The maximum absolute atomic E-state index is 9.31. The summed E-state index contributed by atoms with van der Waals surface area (Å²) >= 11 is 6.08. The van der Waals surface area contributed by atoms with Gasteiger partial charge >= 0.3 is 0 Å². The first-order chi connectivity index (χ1) is 8.78. The Bertz CT molecular complexity index is 612. The van der Waals surface area contributed by atoms with Crippen molar-refractivity contribution < 1.29 is 4.74 Å². The largest absolute Gasteiger partial charge is 0.489 e. The molecule has 0 radical (unpaired) electrons. The molecule has 1 N–H and O–H groups in total. The quantitative estimate of drug-likeness (QED) is 0.921. The second-order valence-corrected chi connectivity index (χ2v) is 4.66. The highest BCUT2D eigenvalue weighted by atomic mass is 35.5. The zero-order valence-corrected chi connectivity index (χ0v) is 10.2. The topological polar surface area (TPSA) is 61.7 Å². The number of nitriles is 1. The van der Waals surface area contributed by atoms with Crippen molar-refractivity contribution in [2.45, 2.75) is 18.9 Å². The van der Waals surface area contributed by atoms with Gasteiger partial charge < -0.3 is 4.74 Å².